The summed E-state index contributed by atoms with van der Waals surface area (Å²) >= 11 is 0. The molecule has 0 aliphatic carbocycles. The largest absolute Gasteiger partial charge is 0.460 e. The summed E-state index contributed by atoms with van der Waals surface area (Å²) in [6.07, 6.45) is -3.90. The lowest BCUT2D eigenvalue weighted by Gasteiger charge is -2.19. The fourth-order valence-corrected chi connectivity index (χ4v) is 1.85. The molecule has 0 spiro atoms. The van der Waals surface area contributed by atoms with Gasteiger partial charge in [-0.1, -0.05) is 6.07 Å². The molecule has 4 nitrogen and oxygen atoms in total. The number of benzene rings is 1. The molecule has 1 aromatic heterocycles. The molecule has 2 aromatic rings. The maximum absolute atomic E-state index is 12.6. The van der Waals surface area contributed by atoms with E-state index in [1.807, 2.05) is 0 Å². The SMILES string of the molecule is CC(C)(C)OC(=O)Cc1ccc2ncc(C(F)(F)F)nc2c1. The van der Waals surface area contributed by atoms with Gasteiger partial charge in [0.2, 0.25) is 0 Å². The Morgan fingerprint density at radius 2 is 1.86 bits per heavy atom. The zero-order valence-electron chi connectivity index (χ0n) is 12.4. The molecule has 0 atom stereocenters. The van der Waals surface area contributed by atoms with Crippen LogP contribution in [0.25, 0.3) is 11.0 Å². The molecule has 0 saturated carbocycles. The van der Waals surface area contributed by atoms with Crippen molar-refractivity contribution in [1.82, 2.24) is 9.97 Å². The molecule has 0 amide bonds. The van der Waals surface area contributed by atoms with Crippen molar-refractivity contribution in [3.05, 3.63) is 35.7 Å². The molecule has 1 heterocycles. The molecule has 0 aliphatic heterocycles. The molecule has 2 rings (SSSR count). The lowest BCUT2D eigenvalue weighted by molar-refractivity contribution is -0.154. The van der Waals surface area contributed by atoms with Crippen molar-refractivity contribution >= 4 is 17.0 Å². The second-order valence-electron chi connectivity index (χ2n) is 5.84. The second kappa shape index (κ2) is 5.55. The third-order valence-electron chi connectivity index (χ3n) is 2.67. The van der Waals surface area contributed by atoms with Crippen LogP contribution in [0, 0.1) is 0 Å². The van der Waals surface area contributed by atoms with Gasteiger partial charge in [-0.25, -0.2) is 4.98 Å². The molecule has 0 bridgehead atoms. The number of aromatic nitrogens is 2. The quantitative estimate of drug-likeness (QED) is 0.796. The first kappa shape index (κ1) is 16.2. The molecule has 7 heteroatoms. The third kappa shape index (κ3) is 4.16. The number of nitrogens with zero attached hydrogens (tertiary/aromatic N) is 2. The van der Waals surface area contributed by atoms with E-state index in [0.717, 1.165) is 0 Å². The Kier molecular flexibility index (Phi) is 4.08. The van der Waals surface area contributed by atoms with Gasteiger partial charge in [-0.3, -0.25) is 9.78 Å². The molecule has 0 N–H and O–H groups in total. The number of alkyl halides is 3. The van der Waals surface area contributed by atoms with Crippen LogP contribution < -0.4 is 0 Å². The van der Waals surface area contributed by atoms with E-state index in [9.17, 15) is 18.0 Å². The highest BCUT2D eigenvalue weighted by molar-refractivity contribution is 5.78. The van der Waals surface area contributed by atoms with Crippen molar-refractivity contribution in [2.75, 3.05) is 0 Å². The van der Waals surface area contributed by atoms with Crippen LogP contribution in [-0.2, 0) is 22.1 Å². The zero-order valence-corrected chi connectivity index (χ0v) is 12.4. The van der Waals surface area contributed by atoms with Gasteiger partial charge in [0, 0.05) is 0 Å². The molecule has 1 aromatic carbocycles. The van der Waals surface area contributed by atoms with Crippen molar-refractivity contribution in [3.8, 4) is 0 Å². The van der Waals surface area contributed by atoms with E-state index in [1.54, 1.807) is 26.8 Å². The molecule has 22 heavy (non-hydrogen) atoms. The summed E-state index contributed by atoms with van der Waals surface area (Å²) < 4.78 is 43.1. The Balaban J connectivity index is 2.27. The van der Waals surface area contributed by atoms with E-state index < -0.39 is 23.4 Å². The number of fused-ring (bicyclic) bond motifs is 1. The van der Waals surface area contributed by atoms with E-state index in [2.05, 4.69) is 9.97 Å². The molecular formula is C15H15F3N2O2. The molecule has 0 unspecified atom stereocenters. The minimum Gasteiger partial charge on any atom is -0.460 e. The van der Waals surface area contributed by atoms with Gasteiger partial charge in [0.05, 0.1) is 23.7 Å². The van der Waals surface area contributed by atoms with Crippen LogP contribution in [-0.4, -0.2) is 21.5 Å². The molecule has 0 saturated heterocycles. The van der Waals surface area contributed by atoms with Crippen LogP contribution in [0.2, 0.25) is 0 Å². The molecule has 0 aliphatic rings. The van der Waals surface area contributed by atoms with Gasteiger partial charge in [-0.05, 0) is 38.5 Å². The monoisotopic (exact) mass is 312 g/mol. The van der Waals surface area contributed by atoms with Crippen molar-refractivity contribution < 1.29 is 22.7 Å². The first-order valence-corrected chi connectivity index (χ1v) is 6.59. The highest BCUT2D eigenvalue weighted by Crippen LogP contribution is 2.28. The fourth-order valence-electron chi connectivity index (χ4n) is 1.85. The summed E-state index contributed by atoms with van der Waals surface area (Å²) in [5, 5.41) is 0. The Hall–Kier alpha value is -2.18. The number of rotatable bonds is 2. The first-order valence-electron chi connectivity index (χ1n) is 6.59. The van der Waals surface area contributed by atoms with E-state index >= 15 is 0 Å². The van der Waals surface area contributed by atoms with E-state index in [4.69, 9.17) is 4.74 Å². The molecule has 0 fully saturated rings. The van der Waals surface area contributed by atoms with Gasteiger partial charge < -0.3 is 4.74 Å². The van der Waals surface area contributed by atoms with Gasteiger partial charge >= 0.3 is 12.1 Å². The Morgan fingerprint density at radius 1 is 1.18 bits per heavy atom. The van der Waals surface area contributed by atoms with Gasteiger partial charge in [0.15, 0.2) is 5.69 Å². The van der Waals surface area contributed by atoms with E-state index in [1.165, 1.54) is 12.1 Å². The van der Waals surface area contributed by atoms with Crippen LogP contribution in [0.4, 0.5) is 13.2 Å². The van der Waals surface area contributed by atoms with Gasteiger partial charge in [-0.2, -0.15) is 13.2 Å². The predicted octanol–water partition coefficient (Wildman–Crippen LogP) is 3.53. The molecular weight excluding hydrogens is 297 g/mol. The fraction of sp³-hybridized carbons (Fsp3) is 0.400. The summed E-state index contributed by atoms with van der Waals surface area (Å²) in [7, 11) is 0. The first-order chi connectivity index (χ1) is 10.0. The van der Waals surface area contributed by atoms with Gasteiger partial charge in [-0.15, -0.1) is 0 Å². The second-order valence-corrected chi connectivity index (χ2v) is 5.84. The Bertz CT molecular complexity index is 706. The van der Waals surface area contributed by atoms with E-state index in [-0.39, 0.29) is 11.9 Å². The number of carbonyl (C=O) groups is 1. The minimum atomic E-state index is -4.55. The third-order valence-corrected chi connectivity index (χ3v) is 2.67. The average molecular weight is 312 g/mol. The van der Waals surface area contributed by atoms with Crippen LogP contribution in [0.5, 0.6) is 0 Å². The summed E-state index contributed by atoms with van der Waals surface area (Å²) in [5.74, 6) is -0.452. The number of carbonyl (C=O) groups excluding carboxylic acids is 1. The van der Waals surface area contributed by atoms with Gasteiger partial charge in [0.1, 0.15) is 5.60 Å². The van der Waals surface area contributed by atoms with Crippen molar-refractivity contribution in [3.63, 3.8) is 0 Å². The maximum Gasteiger partial charge on any atom is 0.434 e. The van der Waals surface area contributed by atoms with E-state index in [0.29, 0.717) is 17.3 Å². The predicted molar refractivity (Wildman–Crippen MR) is 74.1 cm³/mol. The number of ether oxygens (including phenoxy) is 1. The Morgan fingerprint density at radius 3 is 2.45 bits per heavy atom. The summed E-state index contributed by atoms with van der Waals surface area (Å²) in [6.45, 7) is 5.23. The standard InChI is InChI=1S/C15H15F3N2O2/c1-14(2,3)22-13(21)7-9-4-5-10-11(6-9)20-12(8-19-10)15(16,17)18/h4-6,8H,7H2,1-3H3. The maximum atomic E-state index is 12.6. The summed E-state index contributed by atoms with van der Waals surface area (Å²) in [6, 6.07) is 4.57. The molecule has 118 valence electrons. The number of hydrogen-bond acceptors (Lipinski definition) is 4. The topological polar surface area (TPSA) is 52.1 Å². The normalized spacial score (nSPS) is 12.5. The average Bonchev–Trinajstić information content (AvgIpc) is 2.34. The van der Waals surface area contributed by atoms with Crippen LogP contribution in [0.15, 0.2) is 24.4 Å². The zero-order chi connectivity index (χ0) is 16.5. The van der Waals surface area contributed by atoms with Crippen LogP contribution in [0.1, 0.15) is 32.0 Å². The Labute approximate surface area is 125 Å². The molecule has 0 radical (unpaired) electrons. The van der Waals surface area contributed by atoms with Crippen molar-refractivity contribution in [2.24, 2.45) is 0 Å². The smallest absolute Gasteiger partial charge is 0.434 e. The minimum absolute atomic E-state index is 0.0366. The van der Waals surface area contributed by atoms with Crippen molar-refractivity contribution in [1.29, 1.82) is 0 Å². The van der Waals surface area contributed by atoms with Crippen molar-refractivity contribution in [2.45, 2.75) is 39.0 Å². The lowest BCUT2D eigenvalue weighted by atomic mass is 10.1. The summed E-state index contributed by atoms with van der Waals surface area (Å²) in [4.78, 5) is 19.0. The highest BCUT2D eigenvalue weighted by atomic mass is 19.4. The van der Waals surface area contributed by atoms with Crippen LogP contribution >= 0.6 is 0 Å². The van der Waals surface area contributed by atoms with Crippen LogP contribution in [0.3, 0.4) is 0 Å². The number of halogens is 3. The lowest BCUT2D eigenvalue weighted by Crippen LogP contribution is -2.24. The number of hydrogen-bond donors (Lipinski definition) is 0. The number of esters is 1. The summed E-state index contributed by atoms with van der Waals surface area (Å²) in [5.41, 5.74) is -0.724. The highest BCUT2D eigenvalue weighted by Gasteiger charge is 2.33. The van der Waals surface area contributed by atoms with Gasteiger partial charge in [0.25, 0.3) is 0 Å².